The smallest absolute Gasteiger partial charge is 0.265 e. The molecule has 1 aliphatic rings. The molecule has 3 rings (SSSR count). The van der Waals surface area contributed by atoms with Gasteiger partial charge in [0.15, 0.2) is 0 Å². The lowest BCUT2D eigenvalue weighted by Gasteiger charge is -2.28. The highest BCUT2D eigenvalue weighted by molar-refractivity contribution is 7.11. The first-order chi connectivity index (χ1) is 11.6. The van der Waals surface area contributed by atoms with Crippen LogP contribution in [-0.4, -0.2) is 52.9 Å². The summed E-state index contributed by atoms with van der Waals surface area (Å²) in [6.07, 6.45) is 5.64. The number of hydrogen-bond acceptors (Lipinski definition) is 5. The Hall–Kier alpha value is -1.79. The van der Waals surface area contributed by atoms with Crippen LogP contribution in [0.3, 0.4) is 0 Å². The zero-order valence-corrected chi connectivity index (χ0v) is 15.3. The van der Waals surface area contributed by atoms with Gasteiger partial charge in [0.2, 0.25) is 0 Å². The second-order valence-corrected chi connectivity index (χ2v) is 7.28. The molecule has 0 bridgehead atoms. The lowest BCUT2D eigenvalue weighted by molar-refractivity contribution is 0.0764. The monoisotopic (exact) mass is 344 g/mol. The molecule has 0 radical (unpaired) electrons. The second kappa shape index (κ2) is 7.40. The van der Waals surface area contributed by atoms with E-state index >= 15 is 0 Å². The molecule has 0 saturated carbocycles. The van der Waals surface area contributed by atoms with Crippen LogP contribution in [-0.2, 0) is 6.42 Å². The third kappa shape index (κ3) is 3.35. The number of nitrogens with zero attached hydrogens (tertiary/aromatic N) is 4. The molecule has 2 atom stereocenters. The van der Waals surface area contributed by atoms with Gasteiger partial charge < -0.3 is 4.90 Å². The van der Waals surface area contributed by atoms with Crippen LogP contribution in [0.25, 0.3) is 0 Å². The van der Waals surface area contributed by atoms with E-state index in [1.807, 2.05) is 31.1 Å². The molecule has 1 fully saturated rings. The standard InChI is InChI=1S/C18H24N4OS/c1-4-15-17(24-12-20-15)18(23)22(3)11-14-7-9-21(2)16(14)13-6-5-8-19-10-13/h5-6,8,10,12,14,16H,4,7,9,11H2,1-3H3/t14-,16-/m0/s1. The van der Waals surface area contributed by atoms with Crippen molar-refractivity contribution in [3.05, 3.63) is 46.2 Å². The van der Waals surface area contributed by atoms with E-state index in [4.69, 9.17) is 0 Å². The molecule has 0 aliphatic carbocycles. The molecule has 1 amide bonds. The van der Waals surface area contributed by atoms with E-state index in [0.717, 1.165) is 36.5 Å². The first kappa shape index (κ1) is 17.0. The van der Waals surface area contributed by atoms with Crippen molar-refractivity contribution in [2.75, 3.05) is 27.2 Å². The Morgan fingerprint density at radius 2 is 2.33 bits per heavy atom. The van der Waals surface area contributed by atoms with Crippen LogP contribution in [0.5, 0.6) is 0 Å². The van der Waals surface area contributed by atoms with Crippen molar-refractivity contribution >= 4 is 17.2 Å². The average molecular weight is 344 g/mol. The van der Waals surface area contributed by atoms with E-state index in [0.29, 0.717) is 12.0 Å². The number of rotatable bonds is 5. The molecular formula is C18H24N4OS. The normalized spacial score (nSPS) is 21.1. The van der Waals surface area contributed by atoms with E-state index in [1.54, 1.807) is 11.7 Å². The van der Waals surface area contributed by atoms with Crippen molar-refractivity contribution in [1.29, 1.82) is 0 Å². The van der Waals surface area contributed by atoms with E-state index in [-0.39, 0.29) is 5.91 Å². The fraction of sp³-hybridized carbons (Fsp3) is 0.500. The van der Waals surface area contributed by atoms with Gasteiger partial charge in [-0.1, -0.05) is 13.0 Å². The Balaban J connectivity index is 1.73. The lowest BCUT2D eigenvalue weighted by atomic mass is 9.94. The third-order valence-electron chi connectivity index (χ3n) is 4.83. The van der Waals surface area contributed by atoms with Gasteiger partial charge in [-0.2, -0.15) is 0 Å². The van der Waals surface area contributed by atoms with Gasteiger partial charge in [0.25, 0.3) is 5.91 Å². The van der Waals surface area contributed by atoms with Crippen LogP contribution >= 0.6 is 11.3 Å². The van der Waals surface area contributed by atoms with Crippen molar-refractivity contribution < 1.29 is 4.79 Å². The number of likely N-dealkylation sites (tertiary alicyclic amines) is 1. The number of aromatic nitrogens is 2. The van der Waals surface area contributed by atoms with Gasteiger partial charge in [-0.3, -0.25) is 14.7 Å². The number of carbonyl (C=O) groups is 1. The van der Waals surface area contributed by atoms with Gasteiger partial charge in [-0.05, 0) is 44.0 Å². The molecule has 0 spiro atoms. The first-order valence-electron chi connectivity index (χ1n) is 8.39. The Morgan fingerprint density at radius 3 is 3.04 bits per heavy atom. The SMILES string of the molecule is CCc1ncsc1C(=O)N(C)C[C@@H]1CCN(C)[C@H]1c1cccnc1. The van der Waals surface area contributed by atoms with Gasteiger partial charge >= 0.3 is 0 Å². The van der Waals surface area contributed by atoms with Crippen molar-refractivity contribution in [3.8, 4) is 0 Å². The predicted octanol–water partition coefficient (Wildman–Crippen LogP) is 2.87. The molecule has 2 aromatic heterocycles. The molecule has 1 saturated heterocycles. The minimum atomic E-state index is 0.0915. The van der Waals surface area contributed by atoms with E-state index < -0.39 is 0 Å². The van der Waals surface area contributed by atoms with Gasteiger partial charge in [0.05, 0.1) is 11.2 Å². The van der Waals surface area contributed by atoms with E-state index in [2.05, 4.69) is 28.0 Å². The van der Waals surface area contributed by atoms with Crippen LogP contribution < -0.4 is 0 Å². The first-order valence-corrected chi connectivity index (χ1v) is 9.27. The molecule has 6 heteroatoms. The molecule has 5 nitrogen and oxygen atoms in total. The summed E-state index contributed by atoms with van der Waals surface area (Å²) in [5, 5.41) is 0. The van der Waals surface area contributed by atoms with Crippen molar-refractivity contribution in [2.24, 2.45) is 5.92 Å². The minimum Gasteiger partial charge on any atom is -0.341 e. The largest absolute Gasteiger partial charge is 0.341 e. The van der Waals surface area contributed by atoms with E-state index in [9.17, 15) is 4.79 Å². The van der Waals surface area contributed by atoms with Crippen LogP contribution in [0.2, 0.25) is 0 Å². The number of pyridine rings is 1. The highest BCUT2D eigenvalue weighted by Gasteiger charge is 2.34. The molecule has 0 aromatic carbocycles. The minimum absolute atomic E-state index is 0.0915. The summed E-state index contributed by atoms with van der Waals surface area (Å²) < 4.78 is 0. The maximum atomic E-state index is 12.8. The fourth-order valence-corrected chi connectivity index (χ4v) is 4.47. The fourth-order valence-electron chi connectivity index (χ4n) is 3.60. The van der Waals surface area contributed by atoms with Crippen LogP contribution in [0.1, 0.15) is 40.3 Å². The number of thiazole rings is 1. The van der Waals surface area contributed by atoms with Gasteiger partial charge in [0.1, 0.15) is 4.88 Å². The maximum absolute atomic E-state index is 12.8. The number of amides is 1. The molecule has 0 N–H and O–H groups in total. The van der Waals surface area contributed by atoms with Crippen LogP contribution in [0, 0.1) is 5.92 Å². The van der Waals surface area contributed by atoms with Crippen LogP contribution in [0.4, 0.5) is 0 Å². The number of hydrogen-bond donors (Lipinski definition) is 0. The summed E-state index contributed by atoms with van der Waals surface area (Å²) in [6, 6.07) is 4.44. The predicted molar refractivity (Wildman–Crippen MR) is 96.2 cm³/mol. The molecule has 24 heavy (non-hydrogen) atoms. The van der Waals surface area contributed by atoms with Crippen LogP contribution in [0.15, 0.2) is 30.0 Å². The van der Waals surface area contributed by atoms with Crippen molar-refractivity contribution in [3.63, 3.8) is 0 Å². The Kier molecular flexibility index (Phi) is 5.26. The molecule has 0 unspecified atom stereocenters. The van der Waals surface area contributed by atoms with E-state index in [1.165, 1.54) is 16.9 Å². The highest BCUT2D eigenvalue weighted by atomic mass is 32.1. The Bertz CT molecular complexity index is 687. The zero-order chi connectivity index (χ0) is 17.1. The highest BCUT2D eigenvalue weighted by Crippen LogP contribution is 2.36. The van der Waals surface area contributed by atoms with Gasteiger partial charge in [-0.25, -0.2) is 4.98 Å². The van der Waals surface area contributed by atoms with Crippen molar-refractivity contribution in [1.82, 2.24) is 19.8 Å². The number of aryl methyl sites for hydroxylation is 1. The molecule has 3 heterocycles. The summed E-state index contributed by atoms with van der Waals surface area (Å²) in [4.78, 5) is 26.3. The molecule has 2 aromatic rings. The average Bonchev–Trinajstić information content (AvgIpc) is 3.21. The zero-order valence-electron chi connectivity index (χ0n) is 14.5. The third-order valence-corrected chi connectivity index (χ3v) is 5.68. The summed E-state index contributed by atoms with van der Waals surface area (Å²) in [5.74, 6) is 0.514. The van der Waals surface area contributed by atoms with Crippen molar-refractivity contribution in [2.45, 2.75) is 25.8 Å². The Labute approximate surface area is 147 Å². The molecular weight excluding hydrogens is 320 g/mol. The summed E-state index contributed by atoms with van der Waals surface area (Å²) in [5.41, 5.74) is 3.90. The van der Waals surface area contributed by atoms with Gasteiger partial charge in [0, 0.05) is 32.0 Å². The summed E-state index contributed by atoms with van der Waals surface area (Å²) in [6.45, 7) is 3.84. The number of carbonyl (C=O) groups excluding carboxylic acids is 1. The lowest BCUT2D eigenvalue weighted by Crippen LogP contribution is -2.34. The molecule has 128 valence electrons. The van der Waals surface area contributed by atoms with Gasteiger partial charge in [-0.15, -0.1) is 11.3 Å². The summed E-state index contributed by atoms with van der Waals surface area (Å²) >= 11 is 1.44. The molecule has 1 aliphatic heterocycles. The second-order valence-electron chi connectivity index (χ2n) is 6.43. The topological polar surface area (TPSA) is 49.3 Å². The summed E-state index contributed by atoms with van der Waals surface area (Å²) in [7, 11) is 4.05. The maximum Gasteiger partial charge on any atom is 0.265 e. The Morgan fingerprint density at radius 1 is 1.50 bits per heavy atom. The quantitative estimate of drug-likeness (QED) is 0.837.